The van der Waals surface area contributed by atoms with Crippen molar-refractivity contribution in [1.82, 2.24) is 4.90 Å². The zero-order valence-corrected chi connectivity index (χ0v) is 19.5. The summed E-state index contributed by atoms with van der Waals surface area (Å²) in [7, 11) is 1.58. The largest absolute Gasteiger partial charge is 0.493 e. The van der Waals surface area contributed by atoms with Crippen LogP contribution in [0.15, 0.2) is 47.4 Å². The Morgan fingerprint density at radius 2 is 1.86 bits per heavy atom. The Hall–Kier alpha value is -2.00. The number of hydrogen-bond donors (Lipinski definition) is 0. The third kappa shape index (κ3) is 5.14. The Bertz CT molecular complexity index is 942. The van der Waals surface area contributed by atoms with Crippen molar-refractivity contribution in [3.63, 3.8) is 0 Å². The molecule has 0 aromatic heterocycles. The van der Waals surface area contributed by atoms with Crippen LogP contribution < -0.4 is 9.47 Å². The number of rotatable bonds is 7. The van der Waals surface area contributed by atoms with Gasteiger partial charge in [0.15, 0.2) is 11.5 Å². The summed E-state index contributed by atoms with van der Waals surface area (Å²) in [6.45, 7) is 4.26. The number of carbonyl (C=O) groups excluding carboxylic acids is 2. The lowest BCUT2D eigenvalue weighted by atomic mass is 10.1. The van der Waals surface area contributed by atoms with Gasteiger partial charge in [-0.3, -0.25) is 14.5 Å². The summed E-state index contributed by atoms with van der Waals surface area (Å²) in [6, 6.07) is 13.5. The first kappa shape index (κ1) is 21.7. The average molecular weight is 523 g/mol. The second-order valence-electron chi connectivity index (χ2n) is 6.63. The van der Waals surface area contributed by atoms with E-state index in [9.17, 15) is 9.59 Å². The van der Waals surface area contributed by atoms with Crippen LogP contribution in [0.3, 0.4) is 0 Å². The maximum absolute atomic E-state index is 12.6. The van der Waals surface area contributed by atoms with Crippen LogP contribution in [0.1, 0.15) is 31.4 Å². The number of methoxy groups -OCH3 is 1. The molecule has 3 rings (SSSR count). The first-order valence-electron chi connectivity index (χ1n) is 9.25. The van der Waals surface area contributed by atoms with Gasteiger partial charge in [-0.2, -0.15) is 0 Å². The molecular weight excluding hydrogens is 501 g/mol. The van der Waals surface area contributed by atoms with E-state index in [-0.39, 0.29) is 17.2 Å². The number of nitrogens with zero attached hydrogens (tertiary/aromatic N) is 1. The van der Waals surface area contributed by atoms with Gasteiger partial charge in [-0.15, -0.1) is 0 Å². The first-order valence-corrected chi connectivity index (χ1v) is 11.1. The summed E-state index contributed by atoms with van der Waals surface area (Å²) in [6.07, 6.45) is 2.45. The van der Waals surface area contributed by atoms with E-state index in [1.165, 1.54) is 8.47 Å². The zero-order chi connectivity index (χ0) is 21.0. The fraction of sp³-hybridized carbons (Fsp3) is 0.273. The molecule has 1 aliphatic heterocycles. The molecule has 0 unspecified atom stereocenters. The highest BCUT2D eigenvalue weighted by Crippen LogP contribution is 2.36. The maximum Gasteiger partial charge on any atom is 0.293 e. The summed E-state index contributed by atoms with van der Waals surface area (Å²) >= 11 is 3.24. The summed E-state index contributed by atoms with van der Waals surface area (Å²) < 4.78 is 12.5. The van der Waals surface area contributed by atoms with Gasteiger partial charge >= 0.3 is 0 Å². The van der Waals surface area contributed by atoms with E-state index in [4.69, 9.17) is 9.47 Å². The van der Waals surface area contributed by atoms with Crippen LogP contribution in [-0.2, 0) is 11.4 Å². The van der Waals surface area contributed by atoms with Crippen molar-refractivity contribution >= 4 is 51.6 Å². The fourth-order valence-electron chi connectivity index (χ4n) is 2.83. The van der Waals surface area contributed by atoms with Crippen molar-refractivity contribution in [2.24, 2.45) is 0 Å². The normalized spacial score (nSPS) is 16.4. The highest BCUT2D eigenvalue weighted by molar-refractivity contribution is 14.1. The Kier molecular flexibility index (Phi) is 7.23. The third-order valence-corrected chi connectivity index (χ3v) is 6.25. The van der Waals surface area contributed by atoms with Crippen molar-refractivity contribution < 1.29 is 19.1 Å². The van der Waals surface area contributed by atoms with Crippen molar-refractivity contribution in [1.29, 1.82) is 0 Å². The molecule has 2 aromatic carbocycles. The maximum atomic E-state index is 12.6. The van der Waals surface area contributed by atoms with Gasteiger partial charge in [0.1, 0.15) is 6.61 Å². The quantitative estimate of drug-likeness (QED) is 0.344. The van der Waals surface area contributed by atoms with E-state index in [1.54, 1.807) is 19.3 Å². The molecule has 0 spiro atoms. The van der Waals surface area contributed by atoms with Gasteiger partial charge in [-0.1, -0.05) is 25.1 Å². The number of hydrogen-bond acceptors (Lipinski definition) is 5. The minimum atomic E-state index is -0.243. The van der Waals surface area contributed by atoms with Gasteiger partial charge in [0.25, 0.3) is 11.1 Å². The van der Waals surface area contributed by atoms with Gasteiger partial charge in [-0.25, -0.2) is 0 Å². The molecule has 152 valence electrons. The van der Waals surface area contributed by atoms with Gasteiger partial charge in [0, 0.05) is 9.61 Å². The van der Waals surface area contributed by atoms with Crippen LogP contribution in [0.2, 0.25) is 0 Å². The van der Waals surface area contributed by atoms with Crippen LogP contribution >= 0.6 is 34.4 Å². The Labute approximate surface area is 188 Å². The lowest BCUT2D eigenvalue weighted by Crippen LogP contribution is -2.36. The molecule has 0 aliphatic carbocycles. The van der Waals surface area contributed by atoms with Crippen LogP contribution in [0, 0.1) is 3.57 Å². The summed E-state index contributed by atoms with van der Waals surface area (Å²) in [5, 5.41) is -0.222. The topological polar surface area (TPSA) is 55.8 Å². The minimum absolute atomic E-state index is 0.111. The molecule has 1 atom stereocenters. The number of halogens is 1. The molecule has 0 bridgehead atoms. The molecule has 1 heterocycles. The van der Waals surface area contributed by atoms with Gasteiger partial charge in [0.2, 0.25) is 0 Å². The van der Waals surface area contributed by atoms with E-state index >= 15 is 0 Å². The molecule has 0 N–H and O–H groups in total. The lowest BCUT2D eigenvalue weighted by molar-refractivity contribution is -0.124. The molecule has 0 saturated carbocycles. The summed E-state index contributed by atoms with van der Waals surface area (Å²) in [5.74, 6) is 0.952. The van der Waals surface area contributed by atoms with Crippen LogP contribution in [0.5, 0.6) is 11.5 Å². The second-order valence-corrected chi connectivity index (χ2v) is 8.87. The fourth-order valence-corrected chi connectivity index (χ4v) is 4.12. The smallest absolute Gasteiger partial charge is 0.293 e. The second kappa shape index (κ2) is 9.67. The van der Waals surface area contributed by atoms with Gasteiger partial charge in [0.05, 0.1) is 12.0 Å². The standard InChI is InChI=1S/C22H22INO4S/c1-4-14(2)24-21(25)20(29-22(24)26)12-16-7-10-18(19(11-16)27-3)28-13-15-5-8-17(23)9-6-15/h5-12,14H,4,13H2,1-3H3/b20-12+/t14-/m1/s1. The number of ether oxygens (including phenoxy) is 2. The van der Waals surface area contributed by atoms with Crippen LogP contribution in [0.4, 0.5) is 4.79 Å². The van der Waals surface area contributed by atoms with Crippen LogP contribution in [-0.4, -0.2) is 29.2 Å². The Balaban J connectivity index is 1.76. The molecule has 2 amide bonds. The number of amides is 2. The van der Waals surface area contributed by atoms with Crippen molar-refractivity contribution in [2.75, 3.05) is 7.11 Å². The predicted molar refractivity (Wildman–Crippen MR) is 124 cm³/mol. The van der Waals surface area contributed by atoms with E-state index in [1.807, 2.05) is 50.2 Å². The molecule has 1 aliphatic rings. The molecular formula is C22H22INO4S. The predicted octanol–water partition coefficient (Wildman–Crippen LogP) is 5.71. The van der Waals surface area contributed by atoms with Crippen molar-refractivity contribution in [3.8, 4) is 11.5 Å². The van der Waals surface area contributed by atoms with Crippen molar-refractivity contribution in [3.05, 3.63) is 62.1 Å². The van der Waals surface area contributed by atoms with Crippen LogP contribution in [0.25, 0.3) is 6.08 Å². The number of thioether (sulfide) groups is 1. The molecule has 1 saturated heterocycles. The SMILES string of the molecule is CC[C@@H](C)N1C(=O)S/C(=C/c2ccc(OCc3ccc(I)cc3)c(OC)c2)C1=O. The van der Waals surface area contributed by atoms with Crippen molar-refractivity contribution in [2.45, 2.75) is 32.9 Å². The highest BCUT2D eigenvalue weighted by Gasteiger charge is 2.37. The molecule has 0 radical (unpaired) electrons. The third-order valence-electron chi connectivity index (χ3n) is 4.65. The Morgan fingerprint density at radius 1 is 1.14 bits per heavy atom. The Morgan fingerprint density at radius 3 is 2.52 bits per heavy atom. The van der Waals surface area contributed by atoms with E-state index in [0.717, 1.165) is 29.3 Å². The molecule has 5 nitrogen and oxygen atoms in total. The van der Waals surface area contributed by atoms with Gasteiger partial charge in [-0.05, 0) is 89.2 Å². The summed E-state index contributed by atoms with van der Waals surface area (Å²) in [4.78, 5) is 26.5. The lowest BCUT2D eigenvalue weighted by Gasteiger charge is -2.19. The number of benzene rings is 2. The zero-order valence-electron chi connectivity index (χ0n) is 16.5. The van der Waals surface area contributed by atoms with E-state index in [0.29, 0.717) is 23.0 Å². The molecule has 29 heavy (non-hydrogen) atoms. The van der Waals surface area contributed by atoms with Gasteiger partial charge < -0.3 is 9.47 Å². The molecule has 1 fully saturated rings. The molecule has 7 heteroatoms. The minimum Gasteiger partial charge on any atom is -0.493 e. The average Bonchev–Trinajstić information content (AvgIpc) is 3.00. The monoisotopic (exact) mass is 523 g/mol. The first-order chi connectivity index (χ1) is 13.9. The highest BCUT2D eigenvalue weighted by atomic mass is 127. The number of imide groups is 1. The molecule has 2 aromatic rings. The summed E-state index contributed by atoms with van der Waals surface area (Å²) in [5.41, 5.74) is 1.84. The number of carbonyl (C=O) groups is 2. The van der Waals surface area contributed by atoms with E-state index in [2.05, 4.69) is 22.6 Å². The van der Waals surface area contributed by atoms with E-state index < -0.39 is 0 Å².